The lowest BCUT2D eigenvalue weighted by Gasteiger charge is -2.21. The van der Waals surface area contributed by atoms with Gasteiger partial charge in [-0.25, -0.2) is 0 Å². The van der Waals surface area contributed by atoms with Crippen molar-refractivity contribution in [2.24, 2.45) is 4.99 Å². The van der Waals surface area contributed by atoms with Crippen LogP contribution in [0.15, 0.2) is 41.6 Å². The SMILES string of the molecule is C=C1/C=C\C=C/CN=C(COCC)N1C. The first-order valence-corrected chi connectivity index (χ1v) is 5.12. The smallest absolute Gasteiger partial charge is 0.130 e. The van der Waals surface area contributed by atoms with Gasteiger partial charge in [0.15, 0.2) is 0 Å². The van der Waals surface area contributed by atoms with E-state index in [1.165, 1.54) is 0 Å². The third-order valence-electron chi connectivity index (χ3n) is 2.17. The van der Waals surface area contributed by atoms with Crippen molar-refractivity contribution in [1.29, 1.82) is 0 Å². The number of likely N-dealkylation sites (N-methyl/N-ethyl adjacent to an activating group) is 1. The van der Waals surface area contributed by atoms with Gasteiger partial charge in [-0.2, -0.15) is 0 Å². The van der Waals surface area contributed by atoms with Gasteiger partial charge in [-0.05, 0) is 13.0 Å². The zero-order valence-corrected chi connectivity index (χ0v) is 9.44. The molecular formula is C12H18N2O. The van der Waals surface area contributed by atoms with E-state index in [4.69, 9.17) is 4.74 Å². The molecule has 0 aromatic heterocycles. The van der Waals surface area contributed by atoms with Crippen LogP contribution in [0.4, 0.5) is 0 Å². The maximum absolute atomic E-state index is 5.37. The van der Waals surface area contributed by atoms with Gasteiger partial charge in [-0.3, -0.25) is 4.99 Å². The fourth-order valence-corrected chi connectivity index (χ4v) is 1.18. The maximum atomic E-state index is 5.37. The summed E-state index contributed by atoms with van der Waals surface area (Å²) in [5.74, 6) is 0.915. The summed E-state index contributed by atoms with van der Waals surface area (Å²) in [6, 6.07) is 0. The molecule has 0 bridgehead atoms. The van der Waals surface area contributed by atoms with Gasteiger partial charge in [0, 0.05) is 19.4 Å². The van der Waals surface area contributed by atoms with Crippen LogP contribution in [-0.2, 0) is 4.74 Å². The largest absolute Gasteiger partial charge is 0.374 e. The first-order chi connectivity index (χ1) is 7.25. The Hall–Kier alpha value is -1.35. The molecule has 15 heavy (non-hydrogen) atoms. The normalized spacial score (nSPS) is 21.3. The fourth-order valence-electron chi connectivity index (χ4n) is 1.18. The third-order valence-corrected chi connectivity index (χ3v) is 2.17. The van der Waals surface area contributed by atoms with E-state index >= 15 is 0 Å². The zero-order valence-electron chi connectivity index (χ0n) is 9.44. The number of ether oxygens (including phenoxy) is 1. The average Bonchev–Trinajstić information content (AvgIpc) is 2.31. The van der Waals surface area contributed by atoms with Crippen LogP contribution in [0, 0.1) is 0 Å². The molecule has 82 valence electrons. The summed E-state index contributed by atoms with van der Waals surface area (Å²) < 4.78 is 5.37. The Morgan fingerprint density at radius 1 is 1.53 bits per heavy atom. The molecular weight excluding hydrogens is 188 g/mol. The van der Waals surface area contributed by atoms with Gasteiger partial charge in [0.1, 0.15) is 12.4 Å². The lowest BCUT2D eigenvalue weighted by atomic mass is 10.3. The quantitative estimate of drug-likeness (QED) is 0.705. The molecule has 0 atom stereocenters. The highest BCUT2D eigenvalue weighted by Gasteiger charge is 2.08. The van der Waals surface area contributed by atoms with Crippen molar-refractivity contribution in [3.63, 3.8) is 0 Å². The average molecular weight is 206 g/mol. The molecule has 1 aliphatic heterocycles. The van der Waals surface area contributed by atoms with Crippen LogP contribution < -0.4 is 0 Å². The van der Waals surface area contributed by atoms with Gasteiger partial charge in [-0.1, -0.05) is 24.8 Å². The molecule has 1 aliphatic rings. The molecule has 0 unspecified atom stereocenters. The number of rotatable bonds is 3. The van der Waals surface area contributed by atoms with E-state index in [9.17, 15) is 0 Å². The van der Waals surface area contributed by atoms with Crippen molar-refractivity contribution < 1.29 is 4.74 Å². The summed E-state index contributed by atoms with van der Waals surface area (Å²) in [7, 11) is 1.95. The highest BCUT2D eigenvalue weighted by Crippen LogP contribution is 2.05. The Bertz CT molecular complexity index is 303. The van der Waals surface area contributed by atoms with Crippen molar-refractivity contribution in [1.82, 2.24) is 4.90 Å². The molecule has 0 amide bonds. The topological polar surface area (TPSA) is 24.8 Å². The van der Waals surface area contributed by atoms with E-state index < -0.39 is 0 Å². The zero-order chi connectivity index (χ0) is 11.1. The summed E-state index contributed by atoms with van der Waals surface area (Å²) in [4.78, 5) is 6.40. The second-order valence-corrected chi connectivity index (χ2v) is 3.23. The molecule has 0 saturated heterocycles. The molecule has 0 N–H and O–H groups in total. The molecule has 3 heteroatoms. The van der Waals surface area contributed by atoms with Crippen molar-refractivity contribution in [3.05, 3.63) is 36.6 Å². The molecule has 1 rings (SSSR count). The van der Waals surface area contributed by atoms with Crippen molar-refractivity contribution in [2.45, 2.75) is 6.92 Å². The minimum absolute atomic E-state index is 0.535. The van der Waals surface area contributed by atoms with Crippen LogP contribution in [-0.4, -0.2) is 37.5 Å². The molecule has 3 nitrogen and oxygen atoms in total. The molecule has 0 radical (unpaired) electrons. The molecule has 1 heterocycles. The number of aliphatic imine (C=N–C) groups is 1. The number of allylic oxidation sites excluding steroid dienone is 3. The predicted molar refractivity (Wildman–Crippen MR) is 64.0 cm³/mol. The molecule has 0 aromatic rings. The lowest BCUT2D eigenvalue weighted by molar-refractivity contribution is 0.181. The number of amidine groups is 1. The van der Waals surface area contributed by atoms with E-state index in [1.54, 1.807) is 0 Å². The van der Waals surface area contributed by atoms with Gasteiger partial charge >= 0.3 is 0 Å². The Morgan fingerprint density at radius 3 is 3.07 bits per heavy atom. The molecule has 0 aliphatic carbocycles. The standard InChI is InChI=1S/C12H18N2O/c1-4-15-10-12-13-9-7-5-6-8-11(2)14(12)3/h5-8H,2,4,9-10H2,1,3H3/b7-5-,8-6-,13-12?. The van der Waals surface area contributed by atoms with Gasteiger partial charge in [0.2, 0.25) is 0 Å². The van der Waals surface area contributed by atoms with Crippen LogP contribution in [0.3, 0.4) is 0 Å². The Labute approximate surface area is 91.4 Å². The van der Waals surface area contributed by atoms with Crippen molar-refractivity contribution in [2.75, 3.05) is 26.8 Å². The van der Waals surface area contributed by atoms with Gasteiger partial charge in [-0.15, -0.1) is 0 Å². The van der Waals surface area contributed by atoms with E-state index in [0.29, 0.717) is 19.8 Å². The maximum Gasteiger partial charge on any atom is 0.130 e. The van der Waals surface area contributed by atoms with Gasteiger partial charge in [0.25, 0.3) is 0 Å². The number of hydrogen-bond donors (Lipinski definition) is 0. The summed E-state index contributed by atoms with van der Waals surface area (Å²) in [6.07, 6.45) is 7.92. The lowest BCUT2D eigenvalue weighted by Crippen LogP contribution is -2.29. The van der Waals surface area contributed by atoms with Crippen LogP contribution >= 0.6 is 0 Å². The second-order valence-electron chi connectivity index (χ2n) is 3.23. The first kappa shape index (κ1) is 11.7. The molecule has 0 aromatic carbocycles. The Balaban J connectivity index is 2.76. The summed E-state index contributed by atoms with van der Waals surface area (Å²) in [6.45, 7) is 7.86. The summed E-state index contributed by atoms with van der Waals surface area (Å²) in [5.41, 5.74) is 0.917. The predicted octanol–water partition coefficient (Wildman–Crippen LogP) is 1.99. The third kappa shape index (κ3) is 3.72. The number of hydrogen-bond acceptors (Lipinski definition) is 3. The van der Waals surface area contributed by atoms with E-state index in [0.717, 1.165) is 11.5 Å². The van der Waals surface area contributed by atoms with Crippen LogP contribution in [0.25, 0.3) is 0 Å². The van der Waals surface area contributed by atoms with Gasteiger partial charge in [0.05, 0.1) is 6.54 Å². The van der Waals surface area contributed by atoms with Crippen LogP contribution in [0.2, 0.25) is 0 Å². The minimum atomic E-state index is 0.535. The van der Waals surface area contributed by atoms with Crippen molar-refractivity contribution >= 4 is 5.84 Å². The monoisotopic (exact) mass is 206 g/mol. The first-order valence-electron chi connectivity index (χ1n) is 5.12. The fraction of sp³-hybridized carbons (Fsp3) is 0.417. The van der Waals surface area contributed by atoms with Crippen LogP contribution in [0.5, 0.6) is 0 Å². The highest BCUT2D eigenvalue weighted by atomic mass is 16.5. The minimum Gasteiger partial charge on any atom is -0.374 e. The van der Waals surface area contributed by atoms with Crippen LogP contribution in [0.1, 0.15) is 6.92 Å². The highest BCUT2D eigenvalue weighted by molar-refractivity contribution is 5.85. The van der Waals surface area contributed by atoms with E-state index in [-0.39, 0.29) is 0 Å². The molecule has 0 spiro atoms. The van der Waals surface area contributed by atoms with E-state index in [2.05, 4.69) is 11.6 Å². The van der Waals surface area contributed by atoms with Gasteiger partial charge < -0.3 is 9.64 Å². The van der Waals surface area contributed by atoms with E-state index in [1.807, 2.05) is 43.2 Å². The molecule has 0 saturated carbocycles. The molecule has 0 fully saturated rings. The summed E-state index contributed by atoms with van der Waals surface area (Å²) >= 11 is 0. The number of nitrogens with zero attached hydrogens (tertiary/aromatic N) is 2. The second kappa shape index (κ2) is 6.19. The summed E-state index contributed by atoms with van der Waals surface area (Å²) in [5, 5.41) is 0. The van der Waals surface area contributed by atoms with Crippen molar-refractivity contribution in [3.8, 4) is 0 Å². The Morgan fingerprint density at radius 2 is 2.33 bits per heavy atom. The Kier molecular flexibility index (Phi) is 4.84.